The van der Waals surface area contributed by atoms with Gasteiger partial charge in [0.25, 0.3) is 0 Å². The van der Waals surface area contributed by atoms with Crippen LogP contribution in [0.15, 0.2) is 5.51 Å². The lowest BCUT2D eigenvalue weighted by atomic mass is 9.44. The van der Waals surface area contributed by atoms with E-state index in [0.29, 0.717) is 18.4 Å². The molecule has 0 N–H and O–H groups in total. The Morgan fingerprint density at radius 2 is 2.09 bits per heavy atom. The zero-order valence-electron chi connectivity index (χ0n) is 14.3. The van der Waals surface area contributed by atoms with Crippen LogP contribution in [0.5, 0.6) is 0 Å². The van der Waals surface area contributed by atoms with Crippen molar-refractivity contribution in [1.82, 2.24) is 4.98 Å². The number of esters is 1. The van der Waals surface area contributed by atoms with Crippen molar-refractivity contribution >= 4 is 17.3 Å². The van der Waals surface area contributed by atoms with E-state index in [9.17, 15) is 4.79 Å². The predicted molar refractivity (Wildman–Crippen MR) is 91.4 cm³/mol. The summed E-state index contributed by atoms with van der Waals surface area (Å²) in [6.07, 6.45) is 9.43. The number of hydrogen-bond acceptors (Lipinski definition) is 4. The number of ether oxygens (including phenoxy) is 1. The molecule has 0 amide bonds. The topological polar surface area (TPSA) is 39.2 Å². The lowest BCUT2D eigenvalue weighted by Crippen LogP contribution is -2.51. The number of rotatable bonds is 5. The van der Waals surface area contributed by atoms with Crippen molar-refractivity contribution in [1.29, 1.82) is 0 Å². The van der Waals surface area contributed by atoms with Gasteiger partial charge in [0.15, 0.2) is 0 Å². The maximum absolute atomic E-state index is 12.4. The lowest BCUT2D eigenvalue weighted by Gasteiger charge is -2.61. The van der Waals surface area contributed by atoms with Gasteiger partial charge in [0.2, 0.25) is 0 Å². The number of hydrogen-bond donors (Lipinski definition) is 0. The fourth-order valence-electron chi connectivity index (χ4n) is 6.32. The molecule has 126 valence electrons. The summed E-state index contributed by atoms with van der Waals surface area (Å²) in [4.78, 5) is 17.9. The molecule has 3 nitrogen and oxygen atoms in total. The first-order chi connectivity index (χ1) is 11.0. The van der Waals surface area contributed by atoms with Gasteiger partial charge in [-0.15, -0.1) is 11.3 Å². The van der Waals surface area contributed by atoms with Gasteiger partial charge in [-0.1, -0.05) is 6.92 Å². The number of aryl methyl sites for hydroxylation is 1. The van der Waals surface area contributed by atoms with Crippen molar-refractivity contribution in [2.75, 3.05) is 6.61 Å². The molecule has 4 aliphatic carbocycles. The summed E-state index contributed by atoms with van der Waals surface area (Å²) >= 11 is 1.65. The summed E-state index contributed by atoms with van der Waals surface area (Å²) in [5, 5.41) is 0. The molecule has 2 atom stereocenters. The molecule has 4 heteroatoms. The summed E-state index contributed by atoms with van der Waals surface area (Å²) in [6, 6.07) is 0. The maximum Gasteiger partial charge on any atom is 0.306 e. The van der Waals surface area contributed by atoms with E-state index in [1.165, 1.54) is 43.4 Å². The molecule has 1 aromatic heterocycles. The Balaban J connectivity index is 1.33. The van der Waals surface area contributed by atoms with E-state index >= 15 is 0 Å². The molecule has 2 unspecified atom stereocenters. The molecule has 4 aliphatic rings. The van der Waals surface area contributed by atoms with Gasteiger partial charge in [0.1, 0.15) is 0 Å². The minimum Gasteiger partial charge on any atom is -0.465 e. The Hall–Kier alpha value is -0.900. The first-order valence-electron chi connectivity index (χ1n) is 9.00. The van der Waals surface area contributed by atoms with Crippen LogP contribution in [0.2, 0.25) is 0 Å². The van der Waals surface area contributed by atoms with Gasteiger partial charge in [0.05, 0.1) is 24.2 Å². The van der Waals surface area contributed by atoms with Crippen LogP contribution >= 0.6 is 11.3 Å². The van der Waals surface area contributed by atoms with Gasteiger partial charge in [-0.3, -0.25) is 4.79 Å². The second kappa shape index (κ2) is 5.58. The molecule has 5 rings (SSSR count). The molecule has 0 saturated heterocycles. The van der Waals surface area contributed by atoms with Gasteiger partial charge in [0, 0.05) is 11.3 Å². The van der Waals surface area contributed by atoms with Crippen molar-refractivity contribution in [3.63, 3.8) is 0 Å². The Labute approximate surface area is 142 Å². The highest BCUT2D eigenvalue weighted by atomic mass is 32.1. The molecule has 4 fully saturated rings. The van der Waals surface area contributed by atoms with Crippen LogP contribution in [-0.4, -0.2) is 17.6 Å². The van der Waals surface area contributed by atoms with E-state index in [2.05, 4.69) is 11.9 Å². The van der Waals surface area contributed by atoms with Gasteiger partial charge in [-0.05, 0) is 68.1 Å². The molecule has 4 bridgehead atoms. The molecule has 0 aliphatic heterocycles. The molecule has 0 aromatic carbocycles. The highest BCUT2D eigenvalue weighted by molar-refractivity contribution is 7.09. The van der Waals surface area contributed by atoms with E-state index in [0.717, 1.165) is 24.0 Å². The van der Waals surface area contributed by atoms with E-state index in [-0.39, 0.29) is 11.4 Å². The summed E-state index contributed by atoms with van der Waals surface area (Å²) in [7, 11) is 0. The molecule has 4 saturated carbocycles. The monoisotopic (exact) mass is 333 g/mol. The number of carbonyl (C=O) groups is 1. The van der Waals surface area contributed by atoms with Crippen molar-refractivity contribution in [3.05, 3.63) is 16.1 Å². The summed E-state index contributed by atoms with van der Waals surface area (Å²) < 4.78 is 5.58. The van der Waals surface area contributed by atoms with Crippen LogP contribution in [0.25, 0.3) is 0 Å². The second-order valence-electron chi connectivity index (χ2n) is 8.78. The highest BCUT2D eigenvalue weighted by Crippen LogP contribution is 2.66. The molecular formula is C19H27NO2S. The fraction of sp³-hybridized carbons (Fsp3) is 0.789. The van der Waals surface area contributed by atoms with E-state index in [4.69, 9.17) is 4.74 Å². The number of aromatic nitrogens is 1. The third-order valence-electron chi connectivity index (χ3n) is 6.43. The van der Waals surface area contributed by atoms with Gasteiger partial charge >= 0.3 is 5.97 Å². The highest BCUT2D eigenvalue weighted by Gasteiger charge is 2.56. The van der Waals surface area contributed by atoms with Gasteiger partial charge in [-0.2, -0.15) is 0 Å². The summed E-state index contributed by atoms with van der Waals surface area (Å²) in [5.74, 6) is 1.76. The third kappa shape index (κ3) is 3.07. The van der Waals surface area contributed by atoms with Crippen molar-refractivity contribution in [2.45, 2.75) is 65.2 Å². The average Bonchev–Trinajstić information content (AvgIpc) is 2.80. The Morgan fingerprint density at radius 1 is 1.35 bits per heavy atom. The molecule has 1 aromatic rings. The van der Waals surface area contributed by atoms with E-state index in [1.54, 1.807) is 11.3 Å². The largest absolute Gasteiger partial charge is 0.465 e. The first-order valence-corrected chi connectivity index (χ1v) is 9.88. The zero-order valence-corrected chi connectivity index (χ0v) is 15.1. The molecule has 0 spiro atoms. The Morgan fingerprint density at radius 3 is 2.70 bits per heavy atom. The SMILES string of the molecule is Cc1ncsc1CCOC(=O)CC12CC3CC(CC(C)(C3)C1)C2. The normalized spacial score (nSPS) is 38.0. The van der Waals surface area contributed by atoms with Crippen LogP contribution in [0.4, 0.5) is 0 Å². The quantitative estimate of drug-likeness (QED) is 0.743. The molecular weight excluding hydrogens is 306 g/mol. The van der Waals surface area contributed by atoms with E-state index < -0.39 is 0 Å². The predicted octanol–water partition coefficient (Wildman–Crippen LogP) is 4.53. The number of nitrogens with zero attached hydrogens (tertiary/aromatic N) is 1. The van der Waals surface area contributed by atoms with Crippen LogP contribution < -0.4 is 0 Å². The average molecular weight is 333 g/mol. The van der Waals surface area contributed by atoms with Crippen molar-refractivity contribution in [2.24, 2.45) is 22.7 Å². The van der Waals surface area contributed by atoms with E-state index in [1.807, 2.05) is 12.4 Å². The third-order valence-corrected chi connectivity index (χ3v) is 7.43. The maximum atomic E-state index is 12.4. The minimum atomic E-state index is 0.0257. The number of thiazole rings is 1. The van der Waals surface area contributed by atoms with Crippen molar-refractivity contribution in [3.8, 4) is 0 Å². The lowest BCUT2D eigenvalue weighted by molar-refractivity contribution is -0.156. The molecule has 1 heterocycles. The first kappa shape index (κ1) is 15.6. The van der Waals surface area contributed by atoms with Crippen molar-refractivity contribution < 1.29 is 9.53 Å². The van der Waals surface area contributed by atoms with Gasteiger partial charge < -0.3 is 4.74 Å². The summed E-state index contributed by atoms with van der Waals surface area (Å²) in [5.41, 5.74) is 3.70. The zero-order chi connectivity index (χ0) is 16.1. The van der Waals surface area contributed by atoms with Gasteiger partial charge in [-0.25, -0.2) is 4.98 Å². The van der Waals surface area contributed by atoms with Crippen LogP contribution in [0.1, 0.15) is 62.4 Å². The Kier molecular flexibility index (Phi) is 3.79. The fourth-order valence-corrected chi connectivity index (χ4v) is 7.08. The smallest absolute Gasteiger partial charge is 0.306 e. The van der Waals surface area contributed by atoms with Crippen LogP contribution in [0.3, 0.4) is 0 Å². The standard InChI is InChI=1S/C19H27NO2S/c1-13-16(23-12-20-13)3-4-22-17(21)10-19-8-14-5-15(9-19)7-18(2,6-14)11-19/h12,14-15H,3-11H2,1-2H3. The number of carbonyl (C=O) groups excluding carboxylic acids is 1. The van der Waals surface area contributed by atoms with Crippen LogP contribution in [0, 0.1) is 29.6 Å². The van der Waals surface area contributed by atoms with Crippen LogP contribution in [-0.2, 0) is 16.0 Å². The molecule has 23 heavy (non-hydrogen) atoms. The molecule has 0 radical (unpaired) electrons. The summed E-state index contributed by atoms with van der Waals surface area (Å²) in [6.45, 7) is 4.98. The Bertz CT molecular complexity index is 594. The minimum absolute atomic E-state index is 0.0257. The second-order valence-corrected chi connectivity index (χ2v) is 9.72.